The van der Waals surface area contributed by atoms with E-state index in [2.05, 4.69) is 40.8 Å². The monoisotopic (exact) mass is 286 g/mol. The van der Waals surface area contributed by atoms with Gasteiger partial charge in [0.2, 0.25) is 0 Å². The van der Waals surface area contributed by atoms with Crippen LogP contribution in [0.1, 0.15) is 38.7 Å². The number of amidine groups is 1. The molecule has 0 fully saturated rings. The lowest BCUT2D eigenvalue weighted by Crippen LogP contribution is -2.20. The molecule has 0 radical (unpaired) electrons. The molecular weight excluding hydrogens is 260 g/mol. The lowest BCUT2D eigenvalue weighted by Gasteiger charge is -2.17. The third-order valence-corrected chi connectivity index (χ3v) is 4.08. The van der Waals surface area contributed by atoms with Crippen LogP contribution in [0.25, 0.3) is 0 Å². The molecule has 4 nitrogen and oxygen atoms in total. The molecule has 0 amide bonds. The summed E-state index contributed by atoms with van der Waals surface area (Å²) in [4.78, 5) is 15.6. The highest BCUT2D eigenvalue weighted by Gasteiger charge is 2.13. The Bertz CT molecular complexity index is 493. The molecule has 0 bridgehead atoms. The first-order valence-electron chi connectivity index (χ1n) is 7.89. The van der Waals surface area contributed by atoms with E-state index < -0.39 is 0 Å². The molecule has 1 aliphatic rings. The number of hydrogen-bond acceptors (Lipinski definition) is 4. The van der Waals surface area contributed by atoms with Crippen molar-refractivity contribution >= 4 is 11.5 Å². The van der Waals surface area contributed by atoms with Gasteiger partial charge in [-0.25, -0.2) is 4.99 Å². The average Bonchev–Trinajstić information content (AvgIpc) is 3.00. The lowest BCUT2D eigenvalue weighted by atomic mass is 9.99. The summed E-state index contributed by atoms with van der Waals surface area (Å²) < 4.78 is 0. The third-order valence-electron chi connectivity index (χ3n) is 4.08. The zero-order valence-corrected chi connectivity index (χ0v) is 13.4. The zero-order valence-electron chi connectivity index (χ0n) is 13.4. The fourth-order valence-corrected chi connectivity index (χ4v) is 2.33. The van der Waals surface area contributed by atoms with Crippen molar-refractivity contribution in [2.75, 3.05) is 26.7 Å². The summed E-state index contributed by atoms with van der Waals surface area (Å²) in [5, 5.41) is 0. The molecule has 1 aromatic heterocycles. The topological polar surface area (TPSA) is 40.9 Å². The fourth-order valence-electron chi connectivity index (χ4n) is 2.33. The number of aromatic nitrogens is 1. The van der Waals surface area contributed by atoms with Gasteiger partial charge in [-0.1, -0.05) is 13.8 Å². The molecule has 0 spiro atoms. The van der Waals surface area contributed by atoms with Crippen molar-refractivity contribution < 1.29 is 0 Å². The van der Waals surface area contributed by atoms with Gasteiger partial charge in [0.15, 0.2) is 5.84 Å². The molecular formula is C17H26N4. The van der Waals surface area contributed by atoms with Gasteiger partial charge in [0.1, 0.15) is 0 Å². The predicted octanol–water partition coefficient (Wildman–Crippen LogP) is 3.04. The first kappa shape index (κ1) is 15.8. The molecule has 21 heavy (non-hydrogen) atoms. The molecule has 0 saturated heterocycles. The molecule has 114 valence electrons. The van der Waals surface area contributed by atoms with Gasteiger partial charge in [-0.05, 0) is 57.5 Å². The Morgan fingerprint density at radius 1 is 1.24 bits per heavy atom. The predicted molar refractivity (Wildman–Crippen MR) is 89.3 cm³/mol. The van der Waals surface area contributed by atoms with E-state index in [1.807, 2.05) is 12.1 Å². The highest BCUT2D eigenvalue weighted by molar-refractivity contribution is 6.11. The minimum atomic E-state index is 0.742. The van der Waals surface area contributed by atoms with Crippen molar-refractivity contribution in [3.8, 4) is 0 Å². The molecule has 0 saturated carbocycles. The Kier molecular flexibility index (Phi) is 6.05. The van der Waals surface area contributed by atoms with E-state index in [1.54, 1.807) is 12.4 Å². The van der Waals surface area contributed by atoms with Crippen molar-refractivity contribution in [2.24, 2.45) is 15.9 Å². The SMILES string of the molecule is CCN(C)CCC(C)CCC1=NC(c2ccncc2)=NC1. The second-order valence-corrected chi connectivity index (χ2v) is 5.88. The van der Waals surface area contributed by atoms with E-state index in [1.165, 1.54) is 25.1 Å². The van der Waals surface area contributed by atoms with Gasteiger partial charge in [0.05, 0.1) is 6.54 Å². The van der Waals surface area contributed by atoms with Crippen LogP contribution in [0, 0.1) is 5.92 Å². The van der Waals surface area contributed by atoms with Crippen molar-refractivity contribution in [1.82, 2.24) is 9.88 Å². The van der Waals surface area contributed by atoms with Gasteiger partial charge in [0, 0.05) is 23.7 Å². The van der Waals surface area contributed by atoms with Crippen LogP contribution >= 0.6 is 0 Å². The zero-order chi connectivity index (χ0) is 15.1. The normalized spacial score (nSPS) is 16.0. The summed E-state index contributed by atoms with van der Waals surface area (Å²) in [6.07, 6.45) is 7.11. The Labute approximate surface area is 128 Å². The molecule has 0 N–H and O–H groups in total. The maximum absolute atomic E-state index is 4.67. The van der Waals surface area contributed by atoms with Gasteiger partial charge in [0.25, 0.3) is 0 Å². The lowest BCUT2D eigenvalue weighted by molar-refractivity contribution is 0.315. The van der Waals surface area contributed by atoms with Crippen LogP contribution in [0.2, 0.25) is 0 Å². The van der Waals surface area contributed by atoms with Gasteiger partial charge in [-0.15, -0.1) is 0 Å². The number of hydrogen-bond donors (Lipinski definition) is 0. The number of rotatable bonds is 8. The minimum absolute atomic E-state index is 0.742. The highest BCUT2D eigenvalue weighted by atomic mass is 15.1. The molecule has 0 aromatic carbocycles. The van der Waals surface area contributed by atoms with E-state index in [-0.39, 0.29) is 0 Å². The largest absolute Gasteiger partial charge is 0.307 e. The van der Waals surface area contributed by atoms with Gasteiger partial charge < -0.3 is 4.90 Å². The Morgan fingerprint density at radius 2 is 2.00 bits per heavy atom. The maximum atomic E-state index is 4.67. The fraction of sp³-hybridized carbons (Fsp3) is 0.588. The second kappa shape index (κ2) is 8.03. The first-order chi connectivity index (χ1) is 10.2. The van der Waals surface area contributed by atoms with Crippen molar-refractivity contribution in [1.29, 1.82) is 0 Å². The Hall–Kier alpha value is -1.55. The summed E-state index contributed by atoms with van der Waals surface area (Å²) in [6, 6.07) is 3.93. The van der Waals surface area contributed by atoms with Crippen molar-refractivity contribution in [2.45, 2.75) is 33.1 Å². The molecule has 1 aliphatic heterocycles. The van der Waals surface area contributed by atoms with Gasteiger partial charge in [-0.3, -0.25) is 9.98 Å². The van der Waals surface area contributed by atoms with Crippen LogP contribution in [0.15, 0.2) is 34.5 Å². The Morgan fingerprint density at radius 3 is 2.71 bits per heavy atom. The molecule has 0 aliphatic carbocycles. The van der Waals surface area contributed by atoms with Crippen LogP contribution in [0.4, 0.5) is 0 Å². The smallest absolute Gasteiger partial charge is 0.155 e. The highest BCUT2D eigenvalue weighted by Crippen LogP contribution is 2.15. The standard InChI is InChI=1S/C17H26N4/c1-4-21(3)12-9-14(2)5-6-16-13-19-17(20-16)15-7-10-18-11-8-15/h7-8,10-11,14H,4-6,9,12-13H2,1-3H3. The first-order valence-corrected chi connectivity index (χ1v) is 7.89. The summed E-state index contributed by atoms with van der Waals surface area (Å²) in [6.45, 7) is 7.62. The van der Waals surface area contributed by atoms with Gasteiger partial charge >= 0.3 is 0 Å². The molecule has 1 aromatic rings. The number of nitrogens with zero attached hydrogens (tertiary/aromatic N) is 4. The molecule has 1 atom stereocenters. The van der Waals surface area contributed by atoms with Crippen LogP contribution in [-0.4, -0.2) is 48.1 Å². The molecule has 1 unspecified atom stereocenters. The Balaban J connectivity index is 1.75. The van der Waals surface area contributed by atoms with E-state index in [0.29, 0.717) is 0 Å². The van der Waals surface area contributed by atoms with Crippen molar-refractivity contribution in [3.63, 3.8) is 0 Å². The molecule has 4 heteroatoms. The van der Waals surface area contributed by atoms with Crippen LogP contribution in [0.5, 0.6) is 0 Å². The summed E-state index contributed by atoms with van der Waals surface area (Å²) in [7, 11) is 2.18. The average molecular weight is 286 g/mol. The van der Waals surface area contributed by atoms with E-state index in [9.17, 15) is 0 Å². The summed E-state index contributed by atoms with van der Waals surface area (Å²) in [5.41, 5.74) is 2.29. The van der Waals surface area contributed by atoms with Crippen LogP contribution in [0.3, 0.4) is 0 Å². The van der Waals surface area contributed by atoms with Gasteiger partial charge in [-0.2, -0.15) is 0 Å². The molecule has 2 heterocycles. The van der Waals surface area contributed by atoms with Crippen molar-refractivity contribution in [3.05, 3.63) is 30.1 Å². The van der Waals surface area contributed by atoms with Crippen LogP contribution < -0.4 is 0 Å². The van der Waals surface area contributed by atoms with E-state index >= 15 is 0 Å². The third kappa shape index (κ3) is 5.05. The number of aliphatic imine (C=N–C) groups is 2. The quantitative estimate of drug-likeness (QED) is 0.737. The maximum Gasteiger partial charge on any atom is 0.155 e. The molecule has 2 rings (SSSR count). The van der Waals surface area contributed by atoms with E-state index in [4.69, 9.17) is 0 Å². The summed E-state index contributed by atoms with van der Waals surface area (Å²) >= 11 is 0. The second-order valence-electron chi connectivity index (χ2n) is 5.88. The minimum Gasteiger partial charge on any atom is -0.307 e. The van der Waals surface area contributed by atoms with E-state index in [0.717, 1.165) is 36.8 Å². The number of pyridine rings is 1. The summed E-state index contributed by atoms with van der Waals surface area (Å²) in [5.74, 6) is 1.61. The van der Waals surface area contributed by atoms with Crippen LogP contribution in [-0.2, 0) is 0 Å².